The van der Waals surface area contributed by atoms with Crippen molar-refractivity contribution in [1.29, 1.82) is 5.26 Å². The third kappa shape index (κ3) is 4.53. The number of carboxylic acid groups (broad SMARTS) is 1. The Bertz CT molecular complexity index is 1420. The van der Waals surface area contributed by atoms with Crippen LogP contribution < -0.4 is 9.50 Å². The third-order valence-electron chi connectivity index (χ3n) is 5.24. The van der Waals surface area contributed by atoms with Gasteiger partial charge in [0.25, 0.3) is 0 Å². The number of fused-ring (bicyclic) bond motifs is 3. The first kappa shape index (κ1) is 22.8. The van der Waals surface area contributed by atoms with Crippen molar-refractivity contribution in [1.82, 2.24) is 0 Å². The first-order valence-electron chi connectivity index (χ1n) is 9.75. The average molecular weight is 482 g/mol. The molecule has 9 nitrogen and oxygen atoms in total. The van der Waals surface area contributed by atoms with Gasteiger partial charge in [0.2, 0.25) is 0 Å². The molecule has 3 aromatic rings. The average Bonchev–Trinajstić information content (AvgIpc) is 3.10. The number of carbonyl (C=O) groups excluding carboxylic acids is 1. The van der Waals surface area contributed by atoms with E-state index in [0.717, 1.165) is 34.4 Å². The Balaban J connectivity index is 1.56. The molecule has 4 rings (SSSR count). The van der Waals surface area contributed by atoms with Crippen LogP contribution in [0, 0.1) is 11.3 Å². The molecule has 0 atom stereocenters. The molecule has 0 saturated heterocycles. The van der Waals surface area contributed by atoms with Crippen LogP contribution in [0.2, 0.25) is 0 Å². The zero-order chi connectivity index (χ0) is 24.5. The molecule has 172 valence electrons. The first-order chi connectivity index (χ1) is 16.2. The molecule has 1 amide bonds. The quantitative estimate of drug-likeness (QED) is 0.498. The van der Waals surface area contributed by atoms with Crippen LogP contribution in [0.3, 0.4) is 0 Å². The number of nitrogens with one attached hydrogen (secondary N) is 1. The van der Waals surface area contributed by atoms with E-state index in [-0.39, 0.29) is 23.8 Å². The van der Waals surface area contributed by atoms with Gasteiger partial charge in [-0.25, -0.2) is 9.59 Å². The molecule has 0 spiro atoms. The lowest BCUT2D eigenvalue weighted by molar-refractivity contribution is 0.0695. The van der Waals surface area contributed by atoms with Gasteiger partial charge in [0.05, 0.1) is 11.3 Å². The summed E-state index contributed by atoms with van der Waals surface area (Å²) in [7, 11) is -5.57. The molecule has 3 aromatic carbocycles. The summed E-state index contributed by atoms with van der Waals surface area (Å²) in [5.41, 5.74) is 2.58. The van der Waals surface area contributed by atoms with Gasteiger partial charge in [0.1, 0.15) is 18.2 Å². The molecule has 0 unspecified atom stereocenters. The number of hydrogen-bond acceptors (Lipinski definition) is 7. The van der Waals surface area contributed by atoms with Crippen LogP contribution in [-0.2, 0) is 15.2 Å². The molecule has 0 aliphatic heterocycles. The van der Waals surface area contributed by atoms with Crippen LogP contribution in [0.25, 0.3) is 11.1 Å². The van der Waals surface area contributed by atoms with Gasteiger partial charge in [0.15, 0.2) is 5.75 Å². The number of carboxylic acids is 1. The van der Waals surface area contributed by atoms with Crippen molar-refractivity contribution in [2.75, 3.05) is 11.9 Å². The highest BCUT2D eigenvalue weighted by Crippen LogP contribution is 2.44. The summed E-state index contributed by atoms with van der Waals surface area (Å²) in [6.07, 6.45) is -0.990. The zero-order valence-corrected chi connectivity index (χ0v) is 18.0. The number of carbonyl (C=O) groups is 2. The maximum atomic E-state index is 13.0. The number of nitrogens with zero attached hydrogens (tertiary/aromatic N) is 1. The molecule has 0 saturated carbocycles. The summed E-state index contributed by atoms with van der Waals surface area (Å²) in [5, 5.41) is 20.8. The van der Waals surface area contributed by atoms with Gasteiger partial charge in [-0.2, -0.15) is 13.7 Å². The zero-order valence-electron chi connectivity index (χ0n) is 17.2. The summed E-state index contributed by atoms with van der Waals surface area (Å²) < 4.78 is 44.1. The third-order valence-corrected chi connectivity index (χ3v) is 5.62. The van der Waals surface area contributed by atoms with Crippen LogP contribution in [-0.4, -0.2) is 32.2 Å². The van der Waals surface area contributed by atoms with Crippen molar-refractivity contribution in [3.8, 4) is 22.9 Å². The molecule has 0 fully saturated rings. The van der Waals surface area contributed by atoms with Crippen LogP contribution >= 0.6 is 0 Å². The van der Waals surface area contributed by atoms with Crippen LogP contribution in [0.4, 0.5) is 14.4 Å². The lowest BCUT2D eigenvalue weighted by Gasteiger charge is -2.15. The minimum Gasteiger partial charge on any atom is -0.478 e. The van der Waals surface area contributed by atoms with E-state index >= 15 is 0 Å². The lowest BCUT2D eigenvalue weighted by Crippen LogP contribution is -2.19. The smallest absolute Gasteiger partial charge is 0.478 e. The molecule has 1 aliphatic carbocycles. The Hall–Kier alpha value is -4.43. The van der Waals surface area contributed by atoms with E-state index < -0.39 is 33.9 Å². The van der Waals surface area contributed by atoms with Crippen molar-refractivity contribution in [2.45, 2.75) is 5.92 Å². The van der Waals surface area contributed by atoms with Crippen LogP contribution in [0.15, 0.2) is 60.7 Å². The minimum absolute atomic E-state index is 0.0445. The minimum atomic E-state index is -5.57. The summed E-state index contributed by atoms with van der Waals surface area (Å²) in [4.78, 5) is 23.8. The number of nitriles is 1. The second-order valence-corrected chi connectivity index (χ2v) is 8.19. The molecular weight excluding hydrogens is 467 g/mol. The Kier molecular flexibility index (Phi) is 5.91. The fourth-order valence-corrected chi connectivity index (χ4v) is 4.22. The van der Waals surface area contributed by atoms with Gasteiger partial charge in [-0.1, -0.05) is 52.4 Å². The Morgan fingerprint density at radius 2 is 1.65 bits per heavy atom. The summed E-state index contributed by atoms with van der Waals surface area (Å²) >= 11 is 0. The Morgan fingerprint density at radius 3 is 2.18 bits per heavy atom. The van der Waals surface area contributed by atoms with Gasteiger partial charge in [-0.05, 0) is 28.3 Å². The Morgan fingerprint density at radius 1 is 1.06 bits per heavy atom. The second kappa shape index (κ2) is 8.84. The molecule has 11 heteroatoms. The van der Waals surface area contributed by atoms with E-state index in [9.17, 15) is 32.3 Å². The monoisotopic (exact) mass is 482 g/mol. The fraction of sp³-hybridized carbons (Fsp3) is 0.0870. The molecule has 0 heterocycles. The number of aromatic carboxylic acids is 1. The number of hydrogen-bond donors (Lipinski definition) is 2. The normalized spacial score (nSPS) is 12.2. The van der Waals surface area contributed by atoms with Crippen LogP contribution in [0.1, 0.15) is 33.0 Å². The number of amides is 1. The summed E-state index contributed by atoms with van der Waals surface area (Å²) in [6, 6.07) is 18.5. The number of anilines is 1. The van der Waals surface area contributed by atoms with E-state index in [1.54, 1.807) is 6.07 Å². The van der Waals surface area contributed by atoms with Crippen molar-refractivity contribution in [3.63, 3.8) is 0 Å². The maximum absolute atomic E-state index is 13.0. The first-order valence-corrected chi connectivity index (χ1v) is 11.1. The predicted molar refractivity (Wildman–Crippen MR) is 117 cm³/mol. The number of rotatable bonds is 6. The fourth-order valence-electron chi connectivity index (χ4n) is 3.86. The molecule has 34 heavy (non-hydrogen) atoms. The lowest BCUT2D eigenvalue weighted by atomic mass is 9.98. The maximum Gasteiger partial charge on any atom is 0.488 e. The molecule has 2 N–H and O–H groups in total. The number of ether oxygens (including phenoxy) is 1. The molecule has 0 radical (unpaired) electrons. The van der Waals surface area contributed by atoms with E-state index in [1.165, 1.54) is 0 Å². The van der Waals surface area contributed by atoms with Crippen molar-refractivity contribution in [2.24, 2.45) is 0 Å². The highest BCUT2D eigenvalue weighted by molar-refractivity contribution is 7.81. The number of benzene rings is 3. The SMILES string of the molecule is N#Cc1cc(C(=O)O)c(OS(=O)(=O)F)cc1NC(=O)OCC1c2ccccc2-c2ccccc21. The highest BCUT2D eigenvalue weighted by atomic mass is 32.3. The van der Waals surface area contributed by atoms with Gasteiger partial charge in [-0.3, -0.25) is 5.32 Å². The van der Waals surface area contributed by atoms with Gasteiger partial charge >= 0.3 is 22.6 Å². The summed E-state index contributed by atoms with van der Waals surface area (Å²) in [5.74, 6) is -2.82. The van der Waals surface area contributed by atoms with E-state index in [1.807, 2.05) is 48.5 Å². The van der Waals surface area contributed by atoms with Crippen LogP contribution in [0.5, 0.6) is 5.75 Å². The molecule has 0 aromatic heterocycles. The molecule has 1 aliphatic rings. The van der Waals surface area contributed by atoms with E-state index in [4.69, 9.17) is 4.74 Å². The van der Waals surface area contributed by atoms with Gasteiger partial charge in [0, 0.05) is 12.0 Å². The number of halogens is 1. The predicted octanol–water partition coefficient (Wildman–Crippen LogP) is 4.21. The van der Waals surface area contributed by atoms with Crippen molar-refractivity contribution < 1.29 is 35.9 Å². The topological polar surface area (TPSA) is 143 Å². The summed E-state index contributed by atoms with van der Waals surface area (Å²) in [6.45, 7) is -0.0445. The second-order valence-electron chi connectivity index (χ2n) is 7.24. The largest absolute Gasteiger partial charge is 0.488 e. The molecular formula is C23H15FN2O7S. The van der Waals surface area contributed by atoms with Gasteiger partial charge in [-0.15, -0.1) is 0 Å². The highest BCUT2D eigenvalue weighted by Gasteiger charge is 2.29. The van der Waals surface area contributed by atoms with Gasteiger partial charge < -0.3 is 14.0 Å². The van der Waals surface area contributed by atoms with E-state index in [0.29, 0.717) is 0 Å². The standard InChI is InChI=1S/C23H15FN2O7S/c24-34(30,31)33-21-10-20(13(11-25)9-18(21)22(27)28)26-23(29)32-12-19-16-7-3-1-5-14(16)15-6-2-4-8-17(15)19/h1-10,19H,12H2,(H,26,29)(H,27,28). The molecule has 0 bridgehead atoms. The Labute approximate surface area is 193 Å². The van der Waals surface area contributed by atoms with Crippen molar-refractivity contribution in [3.05, 3.63) is 82.9 Å². The van der Waals surface area contributed by atoms with Crippen molar-refractivity contribution >= 4 is 28.3 Å². The van der Waals surface area contributed by atoms with E-state index in [2.05, 4.69) is 9.50 Å².